The molecule has 0 radical (unpaired) electrons. The lowest BCUT2D eigenvalue weighted by Gasteiger charge is -2.09. The maximum Gasteiger partial charge on any atom is 0.337 e. The molecule has 0 N–H and O–H groups in total. The Morgan fingerprint density at radius 2 is 2.00 bits per heavy atom. The number of carbonyl (C=O) groups is 2. The summed E-state index contributed by atoms with van der Waals surface area (Å²) in [6.07, 6.45) is 0.850. The predicted molar refractivity (Wildman–Crippen MR) is 75.4 cm³/mol. The number of carbonyl (C=O) groups excluding carboxylic acids is 2. The molecule has 0 fully saturated rings. The van der Waals surface area contributed by atoms with Crippen molar-refractivity contribution in [1.29, 1.82) is 0 Å². The quantitative estimate of drug-likeness (QED) is 0.595. The molecule has 1 aromatic carbocycles. The minimum Gasteiger partial charge on any atom is -0.466 e. The second kappa shape index (κ2) is 7.94. The molecule has 1 aromatic rings. The van der Waals surface area contributed by atoms with Gasteiger partial charge in [0.05, 0.1) is 19.3 Å². The van der Waals surface area contributed by atoms with Gasteiger partial charge in [-0.3, -0.25) is 4.79 Å². The van der Waals surface area contributed by atoms with Crippen molar-refractivity contribution in [2.75, 3.05) is 13.7 Å². The number of aryl methyl sites for hydroxylation is 1. The monoisotopic (exact) mass is 328 g/mol. The summed E-state index contributed by atoms with van der Waals surface area (Å²) in [5.74, 6) is -0.606. The van der Waals surface area contributed by atoms with Crippen molar-refractivity contribution in [3.8, 4) is 0 Å². The van der Waals surface area contributed by atoms with Gasteiger partial charge in [-0.15, -0.1) is 0 Å². The molecule has 0 atom stereocenters. The highest BCUT2D eigenvalue weighted by atomic mass is 79.9. The molecule has 4 nitrogen and oxygen atoms in total. The largest absolute Gasteiger partial charge is 0.466 e. The van der Waals surface area contributed by atoms with Crippen molar-refractivity contribution in [2.24, 2.45) is 0 Å². The topological polar surface area (TPSA) is 52.6 Å². The van der Waals surface area contributed by atoms with Gasteiger partial charge in [0.2, 0.25) is 0 Å². The van der Waals surface area contributed by atoms with Crippen LogP contribution in [0.2, 0.25) is 0 Å². The average Bonchev–Trinajstić information content (AvgIpc) is 2.44. The smallest absolute Gasteiger partial charge is 0.337 e. The Morgan fingerprint density at radius 1 is 1.26 bits per heavy atom. The zero-order valence-corrected chi connectivity index (χ0v) is 12.7. The molecule has 0 bridgehead atoms. The van der Waals surface area contributed by atoms with Crippen LogP contribution >= 0.6 is 15.9 Å². The van der Waals surface area contributed by atoms with Crippen LogP contribution in [0.1, 0.15) is 34.8 Å². The molecule has 5 heteroatoms. The zero-order valence-electron chi connectivity index (χ0n) is 11.1. The van der Waals surface area contributed by atoms with Gasteiger partial charge >= 0.3 is 11.9 Å². The third-order valence-corrected chi connectivity index (χ3v) is 3.28. The summed E-state index contributed by atoms with van der Waals surface area (Å²) in [6, 6.07) is 5.35. The Bertz CT molecular complexity index is 457. The number of halogens is 1. The van der Waals surface area contributed by atoms with E-state index in [9.17, 15) is 9.59 Å². The highest BCUT2D eigenvalue weighted by Gasteiger charge is 2.11. The van der Waals surface area contributed by atoms with Gasteiger partial charge in [0.25, 0.3) is 0 Å². The van der Waals surface area contributed by atoms with Gasteiger partial charge in [-0.05, 0) is 36.6 Å². The fraction of sp³-hybridized carbons (Fsp3) is 0.429. The van der Waals surface area contributed by atoms with Crippen molar-refractivity contribution < 1.29 is 19.1 Å². The Hall–Kier alpha value is -1.36. The molecule has 0 aliphatic carbocycles. The first kappa shape index (κ1) is 15.7. The zero-order chi connectivity index (χ0) is 14.3. The number of rotatable bonds is 6. The predicted octanol–water partition coefficient (Wildman–Crippen LogP) is 2.86. The number of ether oxygens (including phenoxy) is 2. The first-order chi connectivity index (χ1) is 9.12. The summed E-state index contributed by atoms with van der Waals surface area (Å²) >= 11 is 3.39. The number of hydrogen-bond donors (Lipinski definition) is 0. The highest BCUT2D eigenvalue weighted by molar-refractivity contribution is 9.08. The molecule has 0 heterocycles. The van der Waals surface area contributed by atoms with Gasteiger partial charge in [0, 0.05) is 11.8 Å². The van der Waals surface area contributed by atoms with Crippen molar-refractivity contribution in [2.45, 2.75) is 25.1 Å². The Labute approximate surface area is 121 Å². The molecule has 0 amide bonds. The van der Waals surface area contributed by atoms with Crippen LogP contribution in [0, 0.1) is 0 Å². The summed E-state index contributed by atoms with van der Waals surface area (Å²) in [4.78, 5) is 22.8. The van der Waals surface area contributed by atoms with Crippen molar-refractivity contribution in [3.05, 3.63) is 34.9 Å². The molecule has 0 saturated carbocycles. The fourth-order valence-electron chi connectivity index (χ4n) is 1.70. The van der Waals surface area contributed by atoms with E-state index >= 15 is 0 Å². The van der Waals surface area contributed by atoms with Crippen LogP contribution in [0.4, 0.5) is 0 Å². The van der Waals surface area contributed by atoms with Crippen LogP contribution < -0.4 is 0 Å². The summed E-state index contributed by atoms with van der Waals surface area (Å²) in [5.41, 5.74) is 2.50. The van der Waals surface area contributed by atoms with Gasteiger partial charge in [-0.25, -0.2) is 4.79 Å². The molecule has 0 saturated heterocycles. The molecule has 0 aromatic heterocycles. The number of alkyl halides is 1. The lowest BCUT2D eigenvalue weighted by molar-refractivity contribution is -0.143. The second-order valence-electron chi connectivity index (χ2n) is 3.91. The molecule has 19 heavy (non-hydrogen) atoms. The lowest BCUT2D eigenvalue weighted by atomic mass is 10.0. The van der Waals surface area contributed by atoms with Gasteiger partial charge in [0.1, 0.15) is 0 Å². The number of hydrogen-bond acceptors (Lipinski definition) is 4. The first-order valence-electron chi connectivity index (χ1n) is 6.04. The van der Waals surface area contributed by atoms with E-state index in [0.717, 1.165) is 11.1 Å². The molecule has 0 spiro atoms. The SMILES string of the molecule is CCOC(=O)CCc1cc(C(=O)OC)ccc1CBr. The standard InChI is InChI=1S/C14H17BrO4/c1-3-19-13(16)7-6-10-8-11(14(17)18-2)4-5-12(10)9-15/h4-5,8H,3,6-7,9H2,1-2H3. The van der Waals surface area contributed by atoms with E-state index in [1.54, 1.807) is 19.1 Å². The summed E-state index contributed by atoms with van der Waals surface area (Å²) in [5, 5.41) is 0.673. The van der Waals surface area contributed by atoms with Crippen LogP contribution in [0.5, 0.6) is 0 Å². The Kier molecular flexibility index (Phi) is 6.56. The van der Waals surface area contributed by atoms with Crippen molar-refractivity contribution >= 4 is 27.9 Å². The molecule has 104 valence electrons. The van der Waals surface area contributed by atoms with Crippen LogP contribution in [0.3, 0.4) is 0 Å². The van der Waals surface area contributed by atoms with Crippen LogP contribution in [-0.2, 0) is 26.0 Å². The van der Waals surface area contributed by atoms with Gasteiger partial charge in [-0.2, -0.15) is 0 Å². The third kappa shape index (κ3) is 4.67. The van der Waals surface area contributed by atoms with E-state index in [4.69, 9.17) is 4.74 Å². The maximum absolute atomic E-state index is 11.5. The van der Waals surface area contributed by atoms with Gasteiger partial charge in [0.15, 0.2) is 0 Å². The summed E-state index contributed by atoms with van der Waals surface area (Å²) < 4.78 is 9.58. The third-order valence-electron chi connectivity index (χ3n) is 2.68. The molecular formula is C14H17BrO4. The second-order valence-corrected chi connectivity index (χ2v) is 4.47. The van der Waals surface area contributed by atoms with Crippen LogP contribution in [0.25, 0.3) is 0 Å². The van der Waals surface area contributed by atoms with Crippen LogP contribution in [-0.4, -0.2) is 25.7 Å². The van der Waals surface area contributed by atoms with Crippen LogP contribution in [0.15, 0.2) is 18.2 Å². The maximum atomic E-state index is 11.5. The van der Waals surface area contributed by atoms with Gasteiger partial charge < -0.3 is 9.47 Å². The van der Waals surface area contributed by atoms with Crippen molar-refractivity contribution in [1.82, 2.24) is 0 Å². The minimum atomic E-state index is -0.376. The Morgan fingerprint density at radius 3 is 2.58 bits per heavy atom. The molecule has 0 aliphatic rings. The molecule has 0 aliphatic heterocycles. The van der Waals surface area contributed by atoms with Crippen molar-refractivity contribution in [3.63, 3.8) is 0 Å². The number of methoxy groups -OCH3 is 1. The van der Waals surface area contributed by atoms with E-state index in [1.807, 2.05) is 6.07 Å². The summed E-state index contributed by atoms with van der Waals surface area (Å²) in [6.45, 7) is 2.16. The van der Waals surface area contributed by atoms with E-state index in [1.165, 1.54) is 7.11 Å². The molecular weight excluding hydrogens is 312 g/mol. The van der Waals surface area contributed by atoms with E-state index in [2.05, 4.69) is 20.7 Å². The van der Waals surface area contributed by atoms with E-state index in [0.29, 0.717) is 30.3 Å². The molecule has 1 rings (SSSR count). The first-order valence-corrected chi connectivity index (χ1v) is 7.16. The fourth-order valence-corrected chi connectivity index (χ4v) is 2.25. The lowest BCUT2D eigenvalue weighted by Crippen LogP contribution is -2.08. The van der Waals surface area contributed by atoms with E-state index in [-0.39, 0.29) is 11.9 Å². The number of esters is 2. The highest BCUT2D eigenvalue weighted by Crippen LogP contribution is 2.18. The number of benzene rings is 1. The Balaban J connectivity index is 2.84. The van der Waals surface area contributed by atoms with E-state index < -0.39 is 0 Å². The minimum absolute atomic E-state index is 0.230. The average molecular weight is 329 g/mol. The normalized spacial score (nSPS) is 10.1. The summed E-state index contributed by atoms with van der Waals surface area (Å²) in [7, 11) is 1.35. The van der Waals surface area contributed by atoms with Gasteiger partial charge in [-0.1, -0.05) is 22.0 Å². The molecule has 0 unspecified atom stereocenters.